The maximum atomic E-state index is 14.0. The van der Waals surface area contributed by atoms with Gasteiger partial charge in [0.15, 0.2) is 11.3 Å². The van der Waals surface area contributed by atoms with Gasteiger partial charge < -0.3 is 0 Å². The predicted octanol–water partition coefficient (Wildman–Crippen LogP) is 4.26. The Balaban J connectivity index is 2.08. The second kappa shape index (κ2) is 7.00. The number of hydrogen-bond acceptors (Lipinski definition) is 3. The van der Waals surface area contributed by atoms with Crippen molar-refractivity contribution >= 4 is 5.78 Å². The average Bonchev–Trinajstić information content (AvgIpc) is 3.25. The molecule has 0 bridgehead atoms. The van der Waals surface area contributed by atoms with Gasteiger partial charge in [0.1, 0.15) is 12.7 Å². The molecule has 0 aliphatic rings. The first-order valence-corrected chi connectivity index (χ1v) is 8.80. The van der Waals surface area contributed by atoms with Crippen LogP contribution < -0.4 is 0 Å². The first kappa shape index (κ1) is 16.9. The van der Waals surface area contributed by atoms with Gasteiger partial charge in [-0.2, -0.15) is 5.10 Å². The van der Waals surface area contributed by atoms with Gasteiger partial charge in [-0.15, -0.1) is 0 Å². The number of Topliss-reactive ketones (excluding diaryl/α,β-unsaturated/α-hetero) is 1. The average molecular weight is 353 g/mol. The molecule has 1 aromatic heterocycles. The lowest BCUT2D eigenvalue weighted by Crippen LogP contribution is -2.45. The Labute approximate surface area is 158 Å². The number of nitrogens with zero attached hydrogens (tertiary/aromatic N) is 3. The Morgan fingerprint density at radius 3 is 2.15 bits per heavy atom. The van der Waals surface area contributed by atoms with Crippen LogP contribution in [0.5, 0.6) is 0 Å². The second-order valence-corrected chi connectivity index (χ2v) is 6.48. The predicted molar refractivity (Wildman–Crippen MR) is 105 cm³/mol. The van der Waals surface area contributed by atoms with E-state index in [1.165, 1.54) is 6.33 Å². The fraction of sp³-hybridized carbons (Fsp3) is 0.0870. The van der Waals surface area contributed by atoms with E-state index in [0.29, 0.717) is 5.56 Å². The van der Waals surface area contributed by atoms with Gasteiger partial charge >= 0.3 is 0 Å². The third kappa shape index (κ3) is 2.85. The van der Waals surface area contributed by atoms with Crippen LogP contribution in [0.4, 0.5) is 0 Å². The number of ketones is 1. The monoisotopic (exact) mass is 353 g/mol. The van der Waals surface area contributed by atoms with Crippen LogP contribution >= 0.6 is 0 Å². The van der Waals surface area contributed by atoms with Gasteiger partial charge in [0, 0.05) is 5.56 Å². The second-order valence-electron chi connectivity index (χ2n) is 6.48. The Bertz CT molecular complexity index is 1040. The summed E-state index contributed by atoms with van der Waals surface area (Å²) in [4.78, 5) is 18.1. The van der Waals surface area contributed by atoms with Crippen molar-refractivity contribution in [2.75, 3.05) is 0 Å². The van der Waals surface area contributed by atoms with Crippen molar-refractivity contribution in [3.8, 4) is 0 Å². The molecular weight excluding hydrogens is 334 g/mol. The lowest BCUT2D eigenvalue weighted by molar-refractivity contribution is 0.0878. The Hall–Kier alpha value is -3.53. The molecule has 0 N–H and O–H groups in total. The number of carbonyl (C=O) groups is 1. The Morgan fingerprint density at radius 1 is 0.852 bits per heavy atom. The quantitative estimate of drug-likeness (QED) is 0.504. The molecular formula is C23H19N3O. The molecule has 27 heavy (non-hydrogen) atoms. The molecule has 4 aromatic rings. The zero-order chi connectivity index (χ0) is 18.7. The van der Waals surface area contributed by atoms with E-state index in [0.717, 1.165) is 16.7 Å². The third-order valence-electron chi connectivity index (χ3n) is 4.75. The van der Waals surface area contributed by atoms with E-state index in [4.69, 9.17) is 0 Å². The highest BCUT2D eigenvalue weighted by atomic mass is 16.1. The van der Waals surface area contributed by atoms with Gasteiger partial charge in [-0.1, -0.05) is 90.5 Å². The summed E-state index contributed by atoms with van der Waals surface area (Å²) in [5, 5.41) is 4.40. The van der Waals surface area contributed by atoms with Crippen molar-refractivity contribution < 1.29 is 4.79 Å². The normalized spacial score (nSPS) is 13.1. The van der Waals surface area contributed by atoms with Gasteiger partial charge in [-0.25, -0.2) is 9.67 Å². The number of carbonyl (C=O) groups excluding carboxylic acids is 1. The molecule has 0 radical (unpaired) electrons. The van der Waals surface area contributed by atoms with Gasteiger partial charge in [-0.3, -0.25) is 4.79 Å². The van der Waals surface area contributed by atoms with Crippen LogP contribution in [0.1, 0.15) is 27.0 Å². The van der Waals surface area contributed by atoms with Crippen molar-refractivity contribution in [1.29, 1.82) is 0 Å². The molecule has 0 fully saturated rings. The number of hydrogen-bond donors (Lipinski definition) is 0. The van der Waals surface area contributed by atoms with E-state index in [2.05, 4.69) is 10.1 Å². The standard InChI is InChI=1S/C23H19N3O/c1-18-9-8-14-21(15-18)23(26-17-24-16-25-26,20-12-6-3-7-13-20)22(27)19-10-4-2-5-11-19/h2-17H,1H3. The SMILES string of the molecule is Cc1cccc(C(C(=O)c2ccccc2)(c2ccccc2)n2cncn2)c1. The summed E-state index contributed by atoms with van der Waals surface area (Å²) in [7, 11) is 0. The van der Waals surface area contributed by atoms with Crippen molar-refractivity contribution in [2.24, 2.45) is 0 Å². The highest BCUT2D eigenvalue weighted by Gasteiger charge is 2.45. The van der Waals surface area contributed by atoms with Gasteiger partial charge in [0.05, 0.1) is 0 Å². The first-order chi connectivity index (χ1) is 13.2. The van der Waals surface area contributed by atoms with Crippen molar-refractivity contribution in [1.82, 2.24) is 14.8 Å². The summed E-state index contributed by atoms with van der Waals surface area (Å²) in [6, 6.07) is 27.1. The molecule has 4 rings (SSSR count). The van der Waals surface area contributed by atoms with Crippen molar-refractivity contribution in [3.63, 3.8) is 0 Å². The molecule has 0 aliphatic carbocycles. The summed E-state index contributed by atoms with van der Waals surface area (Å²) in [5.74, 6) is -0.0506. The lowest BCUT2D eigenvalue weighted by Gasteiger charge is -2.34. The molecule has 4 heteroatoms. The van der Waals surface area contributed by atoms with Crippen LogP contribution in [0.3, 0.4) is 0 Å². The Morgan fingerprint density at radius 2 is 1.52 bits per heavy atom. The summed E-state index contributed by atoms with van der Waals surface area (Å²) in [6.07, 6.45) is 3.07. The molecule has 1 atom stereocenters. The van der Waals surface area contributed by atoms with E-state index in [9.17, 15) is 4.79 Å². The largest absolute Gasteiger partial charge is 0.291 e. The number of benzene rings is 3. The third-order valence-corrected chi connectivity index (χ3v) is 4.75. The zero-order valence-corrected chi connectivity index (χ0v) is 15.0. The molecule has 132 valence electrons. The summed E-state index contributed by atoms with van der Waals surface area (Å²) in [6.45, 7) is 2.02. The smallest absolute Gasteiger partial charge is 0.199 e. The molecule has 0 saturated heterocycles. The lowest BCUT2D eigenvalue weighted by atomic mass is 9.76. The molecule has 0 spiro atoms. The molecule has 1 unspecified atom stereocenters. The fourth-order valence-corrected chi connectivity index (χ4v) is 3.53. The highest BCUT2D eigenvalue weighted by molar-refractivity contribution is 6.06. The maximum Gasteiger partial charge on any atom is 0.199 e. The summed E-state index contributed by atoms with van der Waals surface area (Å²) < 4.78 is 1.66. The van der Waals surface area contributed by atoms with E-state index in [-0.39, 0.29) is 5.78 Å². The fourth-order valence-electron chi connectivity index (χ4n) is 3.53. The Kier molecular flexibility index (Phi) is 4.38. The topological polar surface area (TPSA) is 47.8 Å². The number of aryl methyl sites for hydroxylation is 1. The minimum Gasteiger partial charge on any atom is -0.291 e. The van der Waals surface area contributed by atoms with Crippen LogP contribution in [-0.4, -0.2) is 20.5 Å². The molecule has 4 nitrogen and oxygen atoms in total. The summed E-state index contributed by atoms with van der Waals surface area (Å²) in [5.41, 5.74) is 2.26. The summed E-state index contributed by atoms with van der Waals surface area (Å²) >= 11 is 0. The van der Waals surface area contributed by atoms with Crippen LogP contribution in [0, 0.1) is 6.92 Å². The van der Waals surface area contributed by atoms with E-state index >= 15 is 0 Å². The van der Waals surface area contributed by atoms with Crippen molar-refractivity contribution in [2.45, 2.75) is 12.5 Å². The van der Waals surface area contributed by atoms with Crippen LogP contribution in [0.2, 0.25) is 0 Å². The van der Waals surface area contributed by atoms with Crippen LogP contribution in [0.15, 0.2) is 97.6 Å². The van der Waals surface area contributed by atoms with Gasteiger partial charge in [-0.05, 0) is 18.1 Å². The first-order valence-electron chi connectivity index (χ1n) is 8.80. The van der Waals surface area contributed by atoms with Gasteiger partial charge in [0.2, 0.25) is 0 Å². The molecule has 0 amide bonds. The minimum absolute atomic E-state index is 0.0506. The number of aromatic nitrogens is 3. The van der Waals surface area contributed by atoms with Crippen LogP contribution in [-0.2, 0) is 5.54 Å². The molecule has 1 heterocycles. The number of rotatable bonds is 5. The van der Waals surface area contributed by atoms with Crippen LogP contribution in [0.25, 0.3) is 0 Å². The van der Waals surface area contributed by atoms with E-state index in [1.807, 2.05) is 91.9 Å². The molecule has 0 aliphatic heterocycles. The van der Waals surface area contributed by atoms with Crippen molar-refractivity contribution in [3.05, 3.63) is 120 Å². The molecule has 3 aromatic carbocycles. The highest BCUT2D eigenvalue weighted by Crippen LogP contribution is 2.37. The minimum atomic E-state index is -1.13. The van der Waals surface area contributed by atoms with Gasteiger partial charge in [0.25, 0.3) is 0 Å². The molecule has 0 saturated carbocycles. The van der Waals surface area contributed by atoms with E-state index in [1.54, 1.807) is 11.0 Å². The zero-order valence-electron chi connectivity index (χ0n) is 15.0. The maximum absolute atomic E-state index is 14.0. The van der Waals surface area contributed by atoms with E-state index < -0.39 is 5.54 Å².